The summed E-state index contributed by atoms with van der Waals surface area (Å²) < 4.78 is 0. The fraction of sp³-hybridized carbons (Fsp3) is 0.917. The van der Waals surface area contributed by atoms with Gasteiger partial charge in [-0.25, -0.2) is 0 Å². The minimum atomic E-state index is -1.26. The average Bonchev–Trinajstić information content (AvgIpc) is 3.32. The fourth-order valence-corrected chi connectivity index (χ4v) is 9.50. The number of hydrogen-bond acceptors (Lipinski definition) is 5. The number of amides is 1. The molecule has 66 heavy (non-hydrogen) atoms. The average molecular weight is 933 g/mol. The molecule has 0 saturated heterocycles. The Morgan fingerprint density at radius 2 is 0.652 bits per heavy atom. The van der Waals surface area contributed by atoms with Gasteiger partial charge in [0.05, 0.1) is 18.8 Å². The number of hydrogen-bond donors (Lipinski definition) is 5. The van der Waals surface area contributed by atoms with Gasteiger partial charge in [-0.3, -0.25) is 4.79 Å². The van der Waals surface area contributed by atoms with Crippen LogP contribution in [0.15, 0.2) is 24.3 Å². The molecule has 0 bridgehead atoms. The van der Waals surface area contributed by atoms with Crippen LogP contribution in [0.2, 0.25) is 0 Å². The molecule has 0 aromatic heterocycles. The van der Waals surface area contributed by atoms with Crippen molar-refractivity contribution in [2.24, 2.45) is 0 Å². The van der Waals surface area contributed by atoms with E-state index in [1.165, 1.54) is 250 Å². The molecule has 0 fully saturated rings. The zero-order valence-electron chi connectivity index (χ0n) is 44.5. The van der Waals surface area contributed by atoms with Gasteiger partial charge in [0.1, 0.15) is 12.2 Å². The molecule has 5 N–H and O–H groups in total. The molecule has 6 nitrogen and oxygen atoms in total. The standard InChI is InChI=1S/C60H117NO5/c1-3-5-7-9-11-13-15-17-19-21-22-23-24-25-26-27-28-29-30-31-32-33-34-35-36-37-38-40-42-44-46-48-50-52-54-58(64)60(66)61-56(55-62)59(65)57(63)53-51-49-47-45-43-41-39-20-18-16-14-12-10-8-6-4-2/h24-25,27-28,56-59,62-65H,3-23,26,29-55H2,1-2H3,(H,61,66)/b25-24-,28-27-. The molecule has 0 aliphatic heterocycles. The van der Waals surface area contributed by atoms with Crippen molar-refractivity contribution in [3.8, 4) is 0 Å². The van der Waals surface area contributed by atoms with Crippen molar-refractivity contribution in [1.82, 2.24) is 5.32 Å². The van der Waals surface area contributed by atoms with Crippen molar-refractivity contribution in [3.63, 3.8) is 0 Å². The van der Waals surface area contributed by atoms with E-state index in [-0.39, 0.29) is 0 Å². The smallest absolute Gasteiger partial charge is 0.249 e. The lowest BCUT2D eigenvalue weighted by Gasteiger charge is -2.27. The molecule has 0 aliphatic rings. The fourth-order valence-electron chi connectivity index (χ4n) is 9.50. The molecular weight excluding hydrogens is 815 g/mol. The van der Waals surface area contributed by atoms with E-state index in [0.29, 0.717) is 12.8 Å². The predicted octanol–water partition coefficient (Wildman–Crippen LogP) is 17.4. The summed E-state index contributed by atoms with van der Waals surface area (Å²) in [5.74, 6) is -0.579. The number of carbonyl (C=O) groups excluding carboxylic acids is 1. The van der Waals surface area contributed by atoms with E-state index in [4.69, 9.17) is 0 Å². The Morgan fingerprint density at radius 1 is 0.379 bits per heavy atom. The predicted molar refractivity (Wildman–Crippen MR) is 288 cm³/mol. The molecule has 0 aromatic rings. The molecule has 4 unspecified atom stereocenters. The summed E-state index contributed by atoms with van der Waals surface area (Å²) in [4.78, 5) is 12.6. The molecule has 0 spiro atoms. The first-order valence-corrected chi connectivity index (χ1v) is 29.7. The van der Waals surface area contributed by atoms with E-state index in [9.17, 15) is 25.2 Å². The minimum absolute atomic E-state index is 0.372. The molecule has 0 aliphatic carbocycles. The van der Waals surface area contributed by atoms with E-state index in [1.807, 2.05) is 0 Å². The quantitative estimate of drug-likeness (QED) is 0.0308. The van der Waals surface area contributed by atoms with Crippen molar-refractivity contribution in [2.45, 2.75) is 346 Å². The highest BCUT2D eigenvalue weighted by atomic mass is 16.3. The van der Waals surface area contributed by atoms with Crippen LogP contribution in [-0.4, -0.2) is 57.3 Å². The van der Waals surface area contributed by atoms with Crippen molar-refractivity contribution in [1.29, 1.82) is 0 Å². The third-order valence-electron chi connectivity index (χ3n) is 14.2. The maximum absolute atomic E-state index is 12.6. The molecule has 0 rings (SSSR count). The normalized spacial score (nSPS) is 13.8. The van der Waals surface area contributed by atoms with Gasteiger partial charge in [-0.1, -0.05) is 301 Å². The van der Waals surface area contributed by atoms with E-state index in [1.54, 1.807) is 0 Å². The topological polar surface area (TPSA) is 110 Å². The monoisotopic (exact) mass is 932 g/mol. The second-order valence-electron chi connectivity index (χ2n) is 20.7. The van der Waals surface area contributed by atoms with Crippen LogP contribution in [-0.2, 0) is 4.79 Å². The van der Waals surface area contributed by atoms with Crippen molar-refractivity contribution in [3.05, 3.63) is 24.3 Å². The maximum Gasteiger partial charge on any atom is 0.249 e. The highest BCUT2D eigenvalue weighted by Crippen LogP contribution is 2.18. The van der Waals surface area contributed by atoms with Crippen LogP contribution in [0.4, 0.5) is 0 Å². The first-order chi connectivity index (χ1) is 32.5. The van der Waals surface area contributed by atoms with E-state index >= 15 is 0 Å². The molecule has 0 radical (unpaired) electrons. The molecule has 0 aromatic carbocycles. The summed E-state index contributed by atoms with van der Waals surface area (Å²) in [6, 6.07) is -0.984. The Kier molecular flexibility index (Phi) is 53.7. The third kappa shape index (κ3) is 47.8. The number of aliphatic hydroxyl groups is 4. The number of aliphatic hydroxyl groups excluding tert-OH is 4. The van der Waals surface area contributed by atoms with Gasteiger partial charge in [0, 0.05) is 0 Å². The van der Waals surface area contributed by atoms with Crippen molar-refractivity contribution in [2.75, 3.05) is 6.61 Å². The first-order valence-electron chi connectivity index (χ1n) is 29.7. The number of carbonyl (C=O) groups is 1. The van der Waals surface area contributed by atoms with E-state index in [0.717, 1.165) is 44.9 Å². The molecule has 4 atom stereocenters. The van der Waals surface area contributed by atoms with Crippen LogP contribution in [0.25, 0.3) is 0 Å². The summed E-state index contributed by atoms with van der Waals surface area (Å²) in [6.07, 6.45) is 66.9. The van der Waals surface area contributed by atoms with Gasteiger partial charge in [-0.05, 0) is 44.9 Å². The third-order valence-corrected chi connectivity index (χ3v) is 14.2. The minimum Gasteiger partial charge on any atom is -0.394 e. The molecule has 392 valence electrons. The largest absolute Gasteiger partial charge is 0.394 e. The summed E-state index contributed by atoms with van der Waals surface area (Å²) in [5, 5.41) is 44.0. The highest BCUT2D eigenvalue weighted by Gasteiger charge is 2.28. The molecule has 0 saturated carbocycles. The lowest BCUT2D eigenvalue weighted by Crippen LogP contribution is -2.53. The van der Waals surface area contributed by atoms with Gasteiger partial charge in [0.25, 0.3) is 0 Å². The number of unbranched alkanes of at least 4 members (excludes halogenated alkanes) is 42. The molecule has 0 heterocycles. The Hall–Kier alpha value is -1.21. The van der Waals surface area contributed by atoms with Gasteiger partial charge in [-0.2, -0.15) is 0 Å². The zero-order chi connectivity index (χ0) is 48.1. The van der Waals surface area contributed by atoms with Crippen LogP contribution in [0.1, 0.15) is 322 Å². The number of allylic oxidation sites excluding steroid dienone is 4. The lowest BCUT2D eigenvalue weighted by molar-refractivity contribution is -0.132. The zero-order valence-corrected chi connectivity index (χ0v) is 44.5. The lowest BCUT2D eigenvalue weighted by atomic mass is 9.99. The summed E-state index contributed by atoms with van der Waals surface area (Å²) in [7, 11) is 0. The molecule has 6 heteroatoms. The van der Waals surface area contributed by atoms with Crippen molar-refractivity contribution < 1.29 is 25.2 Å². The maximum atomic E-state index is 12.6. The second kappa shape index (κ2) is 54.7. The van der Waals surface area contributed by atoms with Gasteiger partial charge in [0.2, 0.25) is 5.91 Å². The van der Waals surface area contributed by atoms with Gasteiger partial charge in [-0.15, -0.1) is 0 Å². The van der Waals surface area contributed by atoms with Crippen LogP contribution >= 0.6 is 0 Å². The van der Waals surface area contributed by atoms with Gasteiger partial charge in [0.15, 0.2) is 0 Å². The summed E-state index contributed by atoms with van der Waals surface area (Å²) in [5.41, 5.74) is 0. The Morgan fingerprint density at radius 3 is 0.955 bits per heavy atom. The number of nitrogens with one attached hydrogen (secondary N) is 1. The second-order valence-corrected chi connectivity index (χ2v) is 20.7. The van der Waals surface area contributed by atoms with Crippen LogP contribution in [0, 0.1) is 0 Å². The van der Waals surface area contributed by atoms with Gasteiger partial charge >= 0.3 is 0 Å². The Labute approximate surface area is 412 Å². The van der Waals surface area contributed by atoms with E-state index in [2.05, 4.69) is 43.5 Å². The van der Waals surface area contributed by atoms with Crippen molar-refractivity contribution >= 4 is 5.91 Å². The first kappa shape index (κ1) is 64.8. The van der Waals surface area contributed by atoms with E-state index < -0.39 is 36.9 Å². The van der Waals surface area contributed by atoms with Crippen LogP contribution < -0.4 is 5.32 Å². The van der Waals surface area contributed by atoms with Crippen LogP contribution in [0.5, 0.6) is 0 Å². The highest BCUT2D eigenvalue weighted by molar-refractivity contribution is 5.80. The van der Waals surface area contributed by atoms with Gasteiger partial charge < -0.3 is 25.7 Å². The molecule has 1 amide bonds. The summed E-state index contributed by atoms with van der Waals surface area (Å²) >= 11 is 0. The SMILES string of the molecule is CCCCCCCCCCCCC/C=C\C/C=C\CCCCCCCCCCCCCCCCCCC(O)C(=O)NC(CO)C(O)C(O)CCCCCCCCCCCCCCCCCC. The molecular formula is C60H117NO5. The Balaban J connectivity index is 3.56. The Bertz CT molecular complexity index is 1000. The van der Waals surface area contributed by atoms with Crippen LogP contribution in [0.3, 0.4) is 0 Å². The summed E-state index contributed by atoms with van der Waals surface area (Å²) in [6.45, 7) is 4.08. The number of rotatable bonds is 55.